The van der Waals surface area contributed by atoms with Crippen LogP contribution in [0.25, 0.3) is 27.6 Å². The van der Waals surface area contributed by atoms with Crippen molar-refractivity contribution in [1.29, 1.82) is 4.78 Å². The van der Waals surface area contributed by atoms with Crippen LogP contribution in [0.15, 0.2) is 48.7 Å². The second-order valence-electron chi connectivity index (χ2n) is 7.95. The molecular weight excluding hydrogens is 487 g/mol. The molecule has 0 aliphatic carbocycles. The minimum atomic E-state index is -4.46. The summed E-state index contributed by atoms with van der Waals surface area (Å²) in [5, 5.41) is 7.75. The van der Waals surface area contributed by atoms with Crippen LogP contribution in [0.4, 0.5) is 18.0 Å². The number of benzene rings is 2. The molecule has 0 aliphatic heterocycles. The molecule has 1 atom stereocenters. The van der Waals surface area contributed by atoms with Gasteiger partial charge in [-0.15, -0.1) is 0 Å². The second-order valence-corrected chi connectivity index (χ2v) is 10.4. The number of nitrogens with one attached hydrogen (secondary N) is 2. The Morgan fingerprint density at radius 1 is 1.14 bits per heavy atom. The summed E-state index contributed by atoms with van der Waals surface area (Å²) in [5.41, 5.74) is 0.918. The normalized spacial score (nSPS) is 13.6. The molecule has 184 valence electrons. The van der Waals surface area contributed by atoms with E-state index < -0.39 is 33.5 Å². The number of ether oxygens (including phenoxy) is 1. The fourth-order valence-electron chi connectivity index (χ4n) is 3.59. The predicted octanol–water partition coefficient (Wildman–Crippen LogP) is 4.08. The van der Waals surface area contributed by atoms with E-state index in [1.165, 1.54) is 24.5 Å². The summed E-state index contributed by atoms with van der Waals surface area (Å²) in [6, 6.07) is 9.29. The van der Waals surface area contributed by atoms with Crippen LogP contribution in [0.2, 0.25) is 0 Å². The molecule has 4 rings (SSSR count). The van der Waals surface area contributed by atoms with Crippen molar-refractivity contribution in [2.24, 2.45) is 7.05 Å². The van der Waals surface area contributed by atoms with Crippen molar-refractivity contribution in [2.45, 2.75) is 6.18 Å². The zero-order chi connectivity index (χ0) is 25.5. The Hall–Kier alpha value is -3.87. The fourth-order valence-corrected chi connectivity index (χ4v) is 3.99. The molecule has 0 spiro atoms. The minimum absolute atomic E-state index is 0.143. The number of alkyl carbamates (subject to hydrolysis) is 1. The number of aryl methyl sites for hydroxylation is 1. The maximum atomic E-state index is 13.0. The van der Waals surface area contributed by atoms with Crippen LogP contribution < -0.4 is 5.32 Å². The third kappa shape index (κ3) is 5.14. The van der Waals surface area contributed by atoms with E-state index in [9.17, 15) is 27.0 Å². The van der Waals surface area contributed by atoms with Crippen molar-refractivity contribution in [1.82, 2.24) is 19.7 Å². The van der Waals surface area contributed by atoms with Crippen LogP contribution in [0, 0.1) is 4.78 Å². The summed E-state index contributed by atoms with van der Waals surface area (Å²) >= 11 is 0. The first-order valence-electron chi connectivity index (χ1n) is 10.2. The van der Waals surface area contributed by atoms with Gasteiger partial charge in [-0.3, -0.25) is 28.3 Å². The molecule has 13 heteroatoms. The van der Waals surface area contributed by atoms with Crippen molar-refractivity contribution >= 4 is 43.7 Å². The Labute approximate surface area is 197 Å². The second kappa shape index (κ2) is 8.73. The lowest BCUT2D eigenvalue weighted by Gasteiger charge is -2.10. The zero-order valence-electron chi connectivity index (χ0n) is 18.5. The molecule has 2 amide bonds. The number of halogens is 3. The average Bonchev–Trinajstić information content (AvgIpc) is 3.26. The molecular formula is C22H20F3N5O4S. The van der Waals surface area contributed by atoms with Gasteiger partial charge in [0.2, 0.25) is 0 Å². The first-order chi connectivity index (χ1) is 16.3. The molecule has 0 aliphatic rings. The number of aromatic nitrogens is 3. The van der Waals surface area contributed by atoms with Gasteiger partial charge in [0.15, 0.2) is 5.65 Å². The van der Waals surface area contributed by atoms with E-state index in [4.69, 9.17) is 9.52 Å². The number of hydrogen-bond acceptors (Lipinski definition) is 6. The van der Waals surface area contributed by atoms with Crippen LogP contribution in [0.1, 0.15) is 15.9 Å². The number of imide groups is 1. The average molecular weight is 507 g/mol. The topological polar surface area (TPSA) is 119 Å². The number of hydrogen-bond donors (Lipinski definition) is 2. The van der Waals surface area contributed by atoms with Gasteiger partial charge in [0.05, 0.1) is 16.8 Å². The van der Waals surface area contributed by atoms with E-state index >= 15 is 0 Å². The van der Waals surface area contributed by atoms with Gasteiger partial charge < -0.3 is 4.74 Å². The molecule has 2 heterocycles. The van der Waals surface area contributed by atoms with Crippen molar-refractivity contribution in [3.63, 3.8) is 0 Å². The van der Waals surface area contributed by atoms with Crippen LogP contribution in [-0.4, -0.2) is 49.2 Å². The molecule has 1 unspecified atom stereocenters. The lowest BCUT2D eigenvalue weighted by Crippen LogP contribution is -2.32. The van der Waals surface area contributed by atoms with Crippen molar-refractivity contribution in [3.8, 4) is 5.69 Å². The highest BCUT2D eigenvalue weighted by atomic mass is 32.2. The number of carbonyl (C=O) groups excluding carboxylic acids is 2. The Kier molecular flexibility index (Phi) is 6.05. The Balaban J connectivity index is 1.66. The van der Waals surface area contributed by atoms with E-state index in [2.05, 4.69) is 10.4 Å². The van der Waals surface area contributed by atoms with Gasteiger partial charge in [-0.2, -0.15) is 18.3 Å². The van der Waals surface area contributed by atoms with Gasteiger partial charge >= 0.3 is 12.3 Å². The number of rotatable bonds is 5. The van der Waals surface area contributed by atoms with Gasteiger partial charge in [0.1, 0.15) is 6.61 Å². The van der Waals surface area contributed by atoms with E-state index in [0.717, 1.165) is 12.1 Å². The molecule has 35 heavy (non-hydrogen) atoms. The van der Waals surface area contributed by atoms with Crippen LogP contribution in [0.5, 0.6) is 0 Å². The first-order valence-corrected chi connectivity index (χ1v) is 12.3. The van der Waals surface area contributed by atoms with Crippen LogP contribution in [-0.2, 0) is 27.7 Å². The maximum Gasteiger partial charge on any atom is 0.416 e. The van der Waals surface area contributed by atoms with Gasteiger partial charge in [-0.1, -0.05) is 0 Å². The van der Waals surface area contributed by atoms with E-state index in [1.807, 2.05) is 0 Å². The summed E-state index contributed by atoms with van der Waals surface area (Å²) in [6.07, 6.45) is -2.56. The fraction of sp³-hybridized carbons (Fsp3) is 0.227. The molecule has 4 aromatic rings. The lowest BCUT2D eigenvalue weighted by molar-refractivity contribution is -0.137. The van der Waals surface area contributed by atoms with Crippen molar-refractivity contribution in [2.75, 3.05) is 18.6 Å². The van der Waals surface area contributed by atoms with Crippen molar-refractivity contribution < 1.29 is 31.7 Å². The Morgan fingerprint density at radius 3 is 2.46 bits per heavy atom. The molecule has 0 bridgehead atoms. The van der Waals surface area contributed by atoms with Gasteiger partial charge in [-0.05, 0) is 42.5 Å². The third-order valence-electron chi connectivity index (χ3n) is 5.19. The zero-order valence-corrected chi connectivity index (χ0v) is 19.4. The number of nitrogens with zero attached hydrogens (tertiary/aromatic N) is 3. The summed E-state index contributed by atoms with van der Waals surface area (Å²) in [6.45, 7) is -0.275. The van der Waals surface area contributed by atoms with E-state index in [-0.39, 0.29) is 17.9 Å². The molecule has 2 N–H and O–H groups in total. The summed E-state index contributed by atoms with van der Waals surface area (Å²) in [4.78, 5) is 24.4. The number of carbonyl (C=O) groups is 2. The van der Waals surface area contributed by atoms with Crippen LogP contribution in [0.3, 0.4) is 0 Å². The highest BCUT2D eigenvalue weighted by Crippen LogP contribution is 2.34. The number of amides is 2. The molecule has 0 fully saturated rings. The standard InChI is InChI=1S/C22H20F3N5O4S/c1-29-12-17-16-11-13(20(31)27-21(32)34-9-10-35(2,26)33)3-8-18(16)30(19(17)28-29)15-6-4-14(5-7-15)22(23,24)25/h3-8,11-12,26H,9-10H2,1-2H3,(H,27,31,32). The summed E-state index contributed by atoms with van der Waals surface area (Å²) in [5.74, 6) is -0.892. The minimum Gasteiger partial charge on any atom is -0.448 e. The quantitative estimate of drug-likeness (QED) is 0.422. The van der Waals surface area contributed by atoms with Crippen LogP contribution >= 0.6 is 0 Å². The summed E-state index contributed by atoms with van der Waals surface area (Å²) < 4.78 is 65.6. The Morgan fingerprint density at radius 2 is 1.83 bits per heavy atom. The van der Waals surface area contributed by atoms with E-state index in [0.29, 0.717) is 27.6 Å². The highest BCUT2D eigenvalue weighted by molar-refractivity contribution is 7.91. The number of fused-ring (bicyclic) bond motifs is 3. The van der Waals surface area contributed by atoms with Gasteiger partial charge in [-0.25, -0.2) is 4.79 Å². The molecule has 9 nitrogen and oxygen atoms in total. The number of alkyl halides is 3. The van der Waals surface area contributed by atoms with E-state index in [1.54, 1.807) is 34.6 Å². The molecule has 2 aromatic heterocycles. The Bertz CT molecular complexity index is 1550. The molecule has 0 saturated heterocycles. The third-order valence-corrected chi connectivity index (χ3v) is 6.13. The largest absolute Gasteiger partial charge is 0.448 e. The molecule has 0 saturated carbocycles. The molecule has 2 aromatic carbocycles. The highest BCUT2D eigenvalue weighted by Gasteiger charge is 2.30. The lowest BCUT2D eigenvalue weighted by atomic mass is 10.1. The van der Waals surface area contributed by atoms with Crippen molar-refractivity contribution in [3.05, 3.63) is 59.8 Å². The maximum absolute atomic E-state index is 13.0. The molecule has 0 radical (unpaired) electrons. The predicted molar refractivity (Wildman–Crippen MR) is 123 cm³/mol. The first kappa shape index (κ1) is 24.3. The smallest absolute Gasteiger partial charge is 0.416 e. The summed E-state index contributed by atoms with van der Waals surface area (Å²) in [7, 11) is -1.13. The SMILES string of the molecule is Cn1cc2c3cc(C(=O)NC(=O)OCCS(C)(=N)=O)ccc3n(-c3ccc(C(F)(F)F)cc3)c2n1. The van der Waals surface area contributed by atoms with Gasteiger partial charge in [0, 0.05) is 51.3 Å². The monoisotopic (exact) mass is 507 g/mol. The van der Waals surface area contributed by atoms with Gasteiger partial charge in [0.25, 0.3) is 5.91 Å².